The van der Waals surface area contributed by atoms with Crippen molar-refractivity contribution in [1.29, 1.82) is 0 Å². The second kappa shape index (κ2) is 6.96. The number of rotatable bonds is 6. The summed E-state index contributed by atoms with van der Waals surface area (Å²) in [5, 5.41) is 10.1. The van der Waals surface area contributed by atoms with Gasteiger partial charge in [0.1, 0.15) is 0 Å². The van der Waals surface area contributed by atoms with Crippen LogP contribution in [0, 0.1) is 6.92 Å². The van der Waals surface area contributed by atoms with Gasteiger partial charge in [0.25, 0.3) is 15.9 Å². The average Bonchev–Trinajstić information content (AvgIpc) is 2.96. The van der Waals surface area contributed by atoms with Gasteiger partial charge in [0, 0.05) is 11.1 Å². The number of carbonyl (C=O) groups excluding carboxylic acids is 1. The molecule has 0 fully saturated rings. The molecular weight excluding hydrogens is 348 g/mol. The normalized spacial score (nSPS) is 12.2. The van der Waals surface area contributed by atoms with E-state index in [-0.39, 0.29) is 15.4 Å². The number of benzene rings is 1. The van der Waals surface area contributed by atoms with Crippen molar-refractivity contribution < 1.29 is 13.2 Å². The highest BCUT2D eigenvalue weighted by Gasteiger charge is 2.28. The van der Waals surface area contributed by atoms with Gasteiger partial charge in [-0.3, -0.25) is 10.1 Å². The third kappa shape index (κ3) is 4.37. The number of aromatic nitrogens is 2. The van der Waals surface area contributed by atoms with Crippen molar-refractivity contribution in [3.63, 3.8) is 0 Å². The maximum absolute atomic E-state index is 12.3. The van der Waals surface area contributed by atoms with Crippen LogP contribution >= 0.6 is 11.3 Å². The molecule has 0 aliphatic carbocycles. The lowest BCUT2D eigenvalue weighted by atomic mass is 10.0. The largest absolute Gasteiger partial charge is 0.296 e. The molecule has 1 heterocycles. The second-order valence-electron chi connectivity index (χ2n) is 5.99. The number of hydrogen-bond acceptors (Lipinski definition) is 6. The zero-order valence-electron chi connectivity index (χ0n) is 14.0. The number of sulfonamides is 1. The van der Waals surface area contributed by atoms with Crippen molar-refractivity contribution in [1.82, 2.24) is 14.9 Å². The Labute approximate surface area is 145 Å². The van der Waals surface area contributed by atoms with Gasteiger partial charge in [-0.15, -0.1) is 10.2 Å². The van der Waals surface area contributed by atoms with Gasteiger partial charge in [-0.2, -0.15) is 0 Å². The molecule has 0 bridgehead atoms. The topological polar surface area (TPSA) is 101 Å². The van der Waals surface area contributed by atoms with Crippen LogP contribution in [0.3, 0.4) is 0 Å². The molecule has 0 aliphatic heterocycles. The van der Waals surface area contributed by atoms with Crippen molar-refractivity contribution in [2.75, 3.05) is 5.32 Å². The molecule has 1 amide bonds. The Morgan fingerprint density at radius 2 is 1.92 bits per heavy atom. The predicted molar refractivity (Wildman–Crippen MR) is 93.7 cm³/mol. The molecule has 2 aromatic rings. The first kappa shape index (κ1) is 18.5. The molecule has 0 spiro atoms. The number of aryl methyl sites for hydroxylation is 1. The summed E-state index contributed by atoms with van der Waals surface area (Å²) in [6, 6.07) is 7.11. The molecular formula is C15H20N4O3S2. The van der Waals surface area contributed by atoms with Gasteiger partial charge in [0.15, 0.2) is 0 Å². The fourth-order valence-corrected chi connectivity index (χ4v) is 4.22. The molecule has 9 heteroatoms. The SMILES string of the molecule is CCC(C)(C)NS(=O)(=O)c1nnc(NC(=O)c2ccccc2C)s1. The molecule has 1 aromatic heterocycles. The molecule has 0 saturated carbocycles. The molecule has 0 saturated heterocycles. The lowest BCUT2D eigenvalue weighted by molar-refractivity contribution is 0.102. The molecule has 0 unspecified atom stereocenters. The van der Waals surface area contributed by atoms with Crippen molar-refractivity contribution in [2.45, 2.75) is 44.0 Å². The highest BCUT2D eigenvalue weighted by molar-refractivity contribution is 7.91. The summed E-state index contributed by atoms with van der Waals surface area (Å²) in [5.74, 6) is -0.352. The van der Waals surface area contributed by atoms with Gasteiger partial charge in [0.05, 0.1) is 0 Å². The number of nitrogens with one attached hydrogen (secondary N) is 2. The molecule has 0 aliphatic rings. The van der Waals surface area contributed by atoms with Gasteiger partial charge < -0.3 is 0 Å². The zero-order valence-corrected chi connectivity index (χ0v) is 15.6. The summed E-state index contributed by atoms with van der Waals surface area (Å²) in [6.07, 6.45) is 0.627. The number of anilines is 1. The minimum absolute atomic E-state index is 0.137. The van der Waals surface area contributed by atoms with Crippen molar-refractivity contribution >= 4 is 32.4 Å². The molecule has 2 N–H and O–H groups in total. The summed E-state index contributed by atoms with van der Waals surface area (Å²) in [7, 11) is -3.77. The van der Waals surface area contributed by atoms with E-state index in [0.717, 1.165) is 16.9 Å². The third-order valence-electron chi connectivity index (χ3n) is 3.54. The van der Waals surface area contributed by atoms with E-state index in [2.05, 4.69) is 20.2 Å². The van der Waals surface area contributed by atoms with E-state index >= 15 is 0 Å². The first-order chi connectivity index (χ1) is 11.1. The molecule has 0 radical (unpaired) electrons. The van der Waals surface area contributed by atoms with Gasteiger partial charge in [-0.1, -0.05) is 36.5 Å². The zero-order chi connectivity index (χ0) is 18.0. The Kier molecular flexibility index (Phi) is 5.36. The molecule has 130 valence electrons. The van der Waals surface area contributed by atoms with E-state index in [9.17, 15) is 13.2 Å². The van der Waals surface area contributed by atoms with Crippen LogP contribution < -0.4 is 10.0 Å². The van der Waals surface area contributed by atoms with E-state index in [4.69, 9.17) is 0 Å². The smallest absolute Gasteiger partial charge is 0.270 e. The maximum Gasteiger partial charge on any atom is 0.270 e. The number of carbonyl (C=O) groups is 1. The molecule has 1 aromatic carbocycles. The van der Waals surface area contributed by atoms with Gasteiger partial charge in [-0.05, 0) is 38.8 Å². The predicted octanol–water partition coefficient (Wildman–Crippen LogP) is 2.57. The van der Waals surface area contributed by atoms with Crippen molar-refractivity contribution in [2.24, 2.45) is 0 Å². The average molecular weight is 368 g/mol. The van der Waals surface area contributed by atoms with Crippen molar-refractivity contribution in [3.8, 4) is 0 Å². The Morgan fingerprint density at radius 3 is 2.54 bits per heavy atom. The molecule has 7 nitrogen and oxygen atoms in total. The van der Waals surface area contributed by atoms with E-state index in [1.54, 1.807) is 26.0 Å². The lowest BCUT2D eigenvalue weighted by Crippen LogP contribution is -2.42. The van der Waals surface area contributed by atoms with Gasteiger partial charge >= 0.3 is 0 Å². The monoisotopic (exact) mass is 368 g/mol. The standard InChI is InChI=1S/C15H20N4O3S2/c1-5-15(3,4)19-24(21,22)14-18-17-13(23-14)16-12(20)11-9-7-6-8-10(11)2/h6-9,19H,5H2,1-4H3,(H,16,17,20). The summed E-state index contributed by atoms with van der Waals surface area (Å²) in [5.41, 5.74) is 0.732. The van der Waals surface area contributed by atoms with Gasteiger partial charge in [0.2, 0.25) is 9.47 Å². The Balaban J connectivity index is 2.16. The Morgan fingerprint density at radius 1 is 1.25 bits per heavy atom. The van der Waals surface area contributed by atoms with Crippen LogP contribution in [-0.2, 0) is 10.0 Å². The van der Waals surface area contributed by atoms with Gasteiger partial charge in [-0.25, -0.2) is 13.1 Å². The van der Waals surface area contributed by atoms with Crippen LogP contribution in [0.1, 0.15) is 43.1 Å². The van der Waals surface area contributed by atoms with E-state index in [1.807, 2.05) is 26.0 Å². The minimum Gasteiger partial charge on any atom is -0.296 e. The quantitative estimate of drug-likeness (QED) is 0.763. The summed E-state index contributed by atoms with van der Waals surface area (Å²) in [6.45, 7) is 7.27. The van der Waals surface area contributed by atoms with Crippen LogP contribution in [0.4, 0.5) is 5.13 Å². The van der Waals surface area contributed by atoms with Crippen LogP contribution in [0.15, 0.2) is 28.6 Å². The van der Waals surface area contributed by atoms with E-state index < -0.39 is 15.6 Å². The molecule has 2 rings (SSSR count). The second-order valence-corrected chi connectivity index (χ2v) is 8.82. The first-order valence-corrected chi connectivity index (χ1v) is 9.69. The van der Waals surface area contributed by atoms with E-state index in [1.165, 1.54) is 0 Å². The third-order valence-corrected chi connectivity index (χ3v) is 6.45. The number of nitrogens with zero attached hydrogens (tertiary/aromatic N) is 2. The molecule has 0 atom stereocenters. The Hall–Kier alpha value is -1.84. The Bertz CT molecular complexity index is 844. The first-order valence-electron chi connectivity index (χ1n) is 7.39. The van der Waals surface area contributed by atoms with E-state index in [0.29, 0.717) is 12.0 Å². The summed E-state index contributed by atoms with van der Waals surface area (Å²) in [4.78, 5) is 12.2. The number of hydrogen-bond donors (Lipinski definition) is 2. The van der Waals surface area contributed by atoms with Crippen LogP contribution in [0.25, 0.3) is 0 Å². The van der Waals surface area contributed by atoms with Crippen LogP contribution in [0.5, 0.6) is 0 Å². The minimum atomic E-state index is -3.77. The lowest BCUT2D eigenvalue weighted by Gasteiger charge is -2.22. The highest BCUT2D eigenvalue weighted by atomic mass is 32.2. The van der Waals surface area contributed by atoms with Crippen molar-refractivity contribution in [3.05, 3.63) is 35.4 Å². The summed E-state index contributed by atoms with van der Waals surface area (Å²) < 4.78 is 27.0. The van der Waals surface area contributed by atoms with Crippen LogP contribution in [-0.4, -0.2) is 30.1 Å². The number of amides is 1. The fraction of sp³-hybridized carbons (Fsp3) is 0.400. The maximum atomic E-state index is 12.3. The summed E-state index contributed by atoms with van der Waals surface area (Å²) >= 11 is 0.815. The highest BCUT2D eigenvalue weighted by Crippen LogP contribution is 2.23. The fourth-order valence-electron chi connectivity index (χ4n) is 1.84. The van der Waals surface area contributed by atoms with Crippen LogP contribution in [0.2, 0.25) is 0 Å². The molecule has 24 heavy (non-hydrogen) atoms.